The highest BCUT2D eigenvalue weighted by Gasteiger charge is 2.27. The molecule has 1 atom stereocenters. The highest BCUT2D eigenvalue weighted by Crippen LogP contribution is 2.25. The van der Waals surface area contributed by atoms with E-state index in [2.05, 4.69) is 10.3 Å². The Morgan fingerprint density at radius 3 is 2.73 bits per heavy atom. The van der Waals surface area contributed by atoms with Gasteiger partial charge >= 0.3 is 0 Å². The number of rotatable bonds is 1. The van der Waals surface area contributed by atoms with Crippen molar-refractivity contribution in [2.75, 3.05) is 0 Å². The number of benzene rings is 1. The third-order valence-corrected chi connectivity index (χ3v) is 2.45. The van der Waals surface area contributed by atoms with Crippen LogP contribution in [0.25, 0.3) is 0 Å². The summed E-state index contributed by atoms with van der Waals surface area (Å²) in [5.74, 6) is 0.336. The molecule has 1 aromatic carbocycles. The van der Waals surface area contributed by atoms with Crippen LogP contribution in [-0.2, 0) is 5.66 Å². The fourth-order valence-corrected chi connectivity index (χ4v) is 1.70. The SMILES string of the molecule is Cc1ccccc1C1(N)C=CNC(N)=N1. The van der Waals surface area contributed by atoms with Crippen LogP contribution >= 0.6 is 0 Å². The lowest BCUT2D eigenvalue weighted by atomic mass is 9.95. The molecule has 4 nitrogen and oxygen atoms in total. The largest absolute Gasteiger partial charge is 0.370 e. The van der Waals surface area contributed by atoms with E-state index < -0.39 is 5.66 Å². The van der Waals surface area contributed by atoms with Gasteiger partial charge in [-0.2, -0.15) is 0 Å². The number of nitrogens with two attached hydrogens (primary N) is 2. The maximum atomic E-state index is 6.18. The van der Waals surface area contributed by atoms with Gasteiger partial charge in [-0.3, -0.25) is 5.73 Å². The molecule has 0 spiro atoms. The van der Waals surface area contributed by atoms with Gasteiger partial charge in [0.2, 0.25) is 0 Å². The summed E-state index contributed by atoms with van der Waals surface area (Å²) < 4.78 is 0. The van der Waals surface area contributed by atoms with E-state index in [1.165, 1.54) is 0 Å². The maximum Gasteiger partial charge on any atom is 0.195 e. The molecule has 0 bridgehead atoms. The summed E-state index contributed by atoms with van der Waals surface area (Å²) in [5.41, 5.74) is 13.0. The zero-order valence-corrected chi connectivity index (χ0v) is 8.57. The lowest BCUT2D eigenvalue weighted by Crippen LogP contribution is -2.42. The Morgan fingerprint density at radius 2 is 2.07 bits per heavy atom. The molecule has 0 saturated carbocycles. The van der Waals surface area contributed by atoms with Crippen LogP contribution in [0.4, 0.5) is 0 Å². The lowest BCUT2D eigenvalue weighted by Gasteiger charge is -2.26. The van der Waals surface area contributed by atoms with E-state index in [4.69, 9.17) is 11.5 Å². The van der Waals surface area contributed by atoms with E-state index >= 15 is 0 Å². The van der Waals surface area contributed by atoms with E-state index in [9.17, 15) is 0 Å². The summed E-state index contributed by atoms with van der Waals surface area (Å²) in [4.78, 5) is 4.22. The van der Waals surface area contributed by atoms with Crippen LogP contribution in [0.5, 0.6) is 0 Å². The van der Waals surface area contributed by atoms with Crippen molar-refractivity contribution in [2.45, 2.75) is 12.6 Å². The summed E-state index contributed by atoms with van der Waals surface area (Å²) in [5, 5.41) is 2.79. The lowest BCUT2D eigenvalue weighted by molar-refractivity contribution is 0.577. The van der Waals surface area contributed by atoms with E-state index in [0.717, 1.165) is 11.1 Å². The Balaban J connectivity index is 2.50. The molecule has 0 saturated heterocycles. The predicted molar refractivity (Wildman–Crippen MR) is 60.9 cm³/mol. The van der Waals surface area contributed by atoms with Gasteiger partial charge in [0.1, 0.15) is 0 Å². The average molecular weight is 202 g/mol. The second-order valence-corrected chi connectivity index (χ2v) is 3.61. The fourth-order valence-electron chi connectivity index (χ4n) is 1.70. The van der Waals surface area contributed by atoms with Crippen molar-refractivity contribution < 1.29 is 0 Å². The van der Waals surface area contributed by atoms with Crippen LogP contribution in [0, 0.1) is 6.92 Å². The van der Waals surface area contributed by atoms with Crippen LogP contribution in [0.3, 0.4) is 0 Å². The van der Waals surface area contributed by atoms with Gasteiger partial charge in [0.15, 0.2) is 11.6 Å². The monoisotopic (exact) mass is 202 g/mol. The number of guanidine groups is 1. The number of aryl methyl sites for hydroxylation is 1. The van der Waals surface area contributed by atoms with Gasteiger partial charge in [0.05, 0.1) is 0 Å². The van der Waals surface area contributed by atoms with Crippen LogP contribution in [0.2, 0.25) is 0 Å². The van der Waals surface area contributed by atoms with Crippen molar-refractivity contribution in [3.8, 4) is 0 Å². The van der Waals surface area contributed by atoms with E-state index in [-0.39, 0.29) is 0 Å². The van der Waals surface area contributed by atoms with Gasteiger partial charge < -0.3 is 11.1 Å². The summed E-state index contributed by atoms with van der Waals surface area (Å²) in [6, 6.07) is 7.88. The Hall–Kier alpha value is -1.81. The summed E-state index contributed by atoms with van der Waals surface area (Å²) in [6.45, 7) is 2.01. The molecule has 1 aromatic rings. The predicted octanol–water partition coefficient (Wildman–Crippen LogP) is 0.538. The molecule has 1 heterocycles. The average Bonchev–Trinajstić information content (AvgIpc) is 2.17. The van der Waals surface area contributed by atoms with Crippen molar-refractivity contribution in [3.05, 3.63) is 47.7 Å². The summed E-state index contributed by atoms with van der Waals surface area (Å²) >= 11 is 0. The standard InChI is InChI=1S/C11H14N4/c1-8-4-2-3-5-9(8)11(13)6-7-14-10(12)15-11/h2-7H,13H2,1H3,(H3,12,14,15). The topological polar surface area (TPSA) is 76.4 Å². The number of hydrogen-bond donors (Lipinski definition) is 3. The highest BCUT2D eigenvalue weighted by molar-refractivity contribution is 5.80. The quantitative estimate of drug-likeness (QED) is 0.622. The Kier molecular flexibility index (Phi) is 2.21. The van der Waals surface area contributed by atoms with Gasteiger partial charge in [-0.25, -0.2) is 4.99 Å². The first-order valence-corrected chi connectivity index (χ1v) is 4.76. The van der Waals surface area contributed by atoms with Gasteiger partial charge in [0, 0.05) is 11.8 Å². The van der Waals surface area contributed by atoms with Crippen molar-refractivity contribution in [1.82, 2.24) is 5.32 Å². The van der Waals surface area contributed by atoms with E-state index in [0.29, 0.717) is 5.96 Å². The van der Waals surface area contributed by atoms with Crippen molar-refractivity contribution in [2.24, 2.45) is 16.5 Å². The third kappa shape index (κ3) is 1.71. The zero-order chi connectivity index (χ0) is 10.9. The minimum Gasteiger partial charge on any atom is -0.370 e. The van der Waals surface area contributed by atoms with Crippen LogP contribution in [0.15, 0.2) is 41.5 Å². The molecule has 0 radical (unpaired) electrons. The molecule has 5 N–H and O–H groups in total. The molecule has 0 aliphatic carbocycles. The van der Waals surface area contributed by atoms with Crippen molar-refractivity contribution >= 4 is 5.96 Å². The summed E-state index contributed by atoms with van der Waals surface area (Å²) in [7, 11) is 0. The van der Waals surface area contributed by atoms with E-state index in [1.807, 2.05) is 31.2 Å². The first-order chi connectivity index (χ1) is 7.12. The van der Waals surface area contributed by atoms with Crippen LogP contribution in [-0.4, -0.2) is 5.96 Å². The van der Waals surface area contributed by atoms with Gasteiger partial charge in [-0.05, 0) is 18.6 Å². The first kappa shape index (κ1) is 9.73. The Morgan fingerprint density at radius 1 is 1.33 bits per heavy atom. The minimum absolute atomic E-state index is 0.336. The molecular formula is C11H14N4. The van der Waals surface area contributed by atoms with Gasteiger partial charge in [0.25, 0.3) is 0 Å². The normalized spacial score (nSPS) is 24.5. The van der Waals surface area contributed by atoms with Gasteiger partial charge in [-0.1, -0.05) is 24.3 Å². The minimum atomic E-state index is -0.847. The molecule has 1 aliphatic rings. The molecule has 1 aliphatic heterocycles. The van der Waals surface area contributed by atoms with Gasteiger partial charge in [-0.15, -0.1) is 0 Å². The molecule has 15 heavy (non-hydrogen) atoms. The molecule has 2 rings (SSSR count). The summed E-state index contributed by atoms with van der Waals surface area (Å²) in [6.07, 6.45) is 3.51. The fraction of sp³-hybridized carbons (Fsp3) is 0.182. The molecule has 4 heteroatoms. The number of hydrogen-bond acceptors (Lipinski definition) is 4. The molecule has 0 aromatic heterocycles. The van der Waals surface area contributed by atoms with Crippen LogP contribution in [0.1, 0.15) is 11.1 Å². The third-order valence-electron chi connectivity index (χ3n) is 2.45. The van der Waals surface area contributed by atoms with Crippen molar-refractivity contribution in [1.29, 1.82) is 0 Å². The smallest absolute Gasteiger partial charge is 0.195 e. The number of nitrogens with zero attached hydrogens (tertiary/aromatic N) is 1. The number of nitrogens with one attached hydrogen (secondary N) is 1. The first-order valence-electron chi connectivity index (χ1n) is 4.76. The molecule has 1 unspecified atom stereocenters. The maximum absolute atomic E-state index is 6.18. The number of aliphatic imine (C=N–C) groups is 1. The zero-order valence-electron chi connectivity index (χ0n) is 8.57. The second-order valence-electron chi connectivity index (χ2n) is 3.61. The second kappa shape index (κ2) is 3.40. The molecule has 0 fully saturated rings. The highest BCUT2D eigenvalue weighted by atomic mass is 15.2. The molecule has 0 amide bonds. The van der Waals surface area contributed by atoms with Crippen molar-refractivity contribution in [3.63, 3.8) is 0 Å². The van der Waals surface area contributed by atoms with E-state index in [1.54, 1.807) is 12.3 Å². The Labute approximate surface area is 88.7 Å². The van der Waals surface area contributed by atoms with Crippen LogP contribution < -0.4 is 16.8 Å². The Bertz CT molecular complexity index is 436. The molecular weight excluding hydrogens is 188 g/mol. The molecule has 78 valence electrons.